The number of hydrogen-bond donors (Lipinski definition) is 1. The van der Waals surface area contributed by atoms with Crippen LogP contribution in [0.15, 0.2) is 12.2 Å². The highest BCUT2D eigenvalue weighted by Gasteiger charge is 2.22. The molecule has 2 atom stereocenters. The van der Waals surface area contributed by atoms with Gasteiger partial charge in [-0.1, -0.05) is 42.0 Å². The average molecular weight is 411 g/mol. The van der Waals surface area contributed by atoms with Gasteiger partial charge in [-0.25, -0.2) is 9.59 Å². The first-order valence-electron chi connectivity index (χ1n) is 7.18. The highest BCUT2D eigenvalue weighted by atomic mass is 127. The van der Waals surface area contributed by atoms with Crippen molar-refractivity contribution in [1.29, 1.82) is 0 Å². The summed E-state index contributed by atoms with van der Waals surface area (Å²) in [7, 11) is 0. The third kappa shape index (κ3) is 10.6. The first kappa shape index (κ1) is 20.2. The number of halogens is 1. The number of esters is 1. The lowest BCUT2D eigenvalue weighted by molar-refractivity contribution is -0.137. The number of alkyl carbamates (subject to hydrolysis) is 1. The number of rotatable bonds is 7. The molecule has 6 heteroatoms. The molecule has 0 saturated heterocycles. The third-order valence-corrected chi connectivity index (χ3v) is 3.67. The van der Waals surface area contributed by atoms with Crippen LogP contribution in [-0.2, 0) is 14.3 Å². The molecule has 0 unspecified atom stereocenters. The molecule has 0 aliphatic heterocycles. The number of ether oxygens (including phenoxy) is 2. The molecule has 0 aliphatic rings. The zero-order valence-corrected chi connectivity index (χ0v) is 15.6. The summed E-state index contributed by atoms with van der Waals surface area (Å²) in [6.07, 6.45) is 4.44. The molecule has 0 saturated carbocycles. The topological polar surface area (TPSA) is 64.6 Å². The van der Waals surface area contributed by atoms with Crippen LogP contribution in [0.25, 0.3) is 0 Å². The van der Waals surface area contributed by atoms with E-state index in [1.165, 1.54) is 6.08 Å². The lowest BCUT2D eigenvalue weighted by Gasteiger charge is -2.25. The number of alkyl halides is 1. The van der Waals surface area contributed by atoms with Crippen molar-refractivity contribution in [2.45, 2.75) is 63.0 Å². The van der Waals surface area contributed by atoms with Crippen molar-refractivity contribution in [2.75, 3.05) is 6.61 Å². The van der Waals surface area contributed by atoms with Gasteiger partial charge >= 0.3 is 12.1 Å². The summed E-state index contributed by atoms with van der Waals surface area (Å²) in [6, 6.07) is -0.0869. The summed E-state index contributed by atoms with van der Waals surface area (Å²) in [4.78, 5) is 23.2. The number of nitrogens with one attached hydrogen (secondary N) is 1. The second-order valence-corrected chi connectivity index (χ2v) is 7.04. The van der Waals surface area contributed by atoms with Crippen LogP contribution >= 0.6 is 22.6 Å². The van der Waals surface area contributed by atoms with E-state index in [1.54, 1.807) is 13.0 Å². The van der Waals surface area contributed by atoms with E-state index in [2.05, 4.69) is 27.9 Å². The smallest absolute Gasteiger partial charge is 0.407 e. The van der Waals surface area contributed by atoms with Gasteiger partial charge in [0.1, 0.15) is 5.60 Å². The van der Waals surface area contributed by atoms with Gasteiger partial charge in [0.05, 0.1) is 6.61 Å². The number of amides is 1. The van der Waals surface area contributed by atoms with Gasteiger partial charge in [0.25, 0.3) is 0 Å². The van der Waals surface area contributed by atoms with Gasteiger partial charge < -0.3 is 14.8 Å². The molecule has 0 fully saturated rings. The molecule has 21 heavy (non-hydrogen) atoms. The molecule has 0 aromatic carbocycles. The minimum absolute atomic E-state index is 0.0144. The minimum atomic E-state index is -0.525. The summed E-state index contributed by atoms with van der Waals surface area (Å²) in [5.41, 5.74) is -0.525. The lowest BCUT2D eigenvalue weighted by atomic mass is 10.1. The first-order valence-corrected chi connectivity index (χ1v) is 8.42. The Hall–Kier alpha value is -0.790. The number of hydrogen-bond acceptors (Lipinski definition) is 4. The zero-order valence-electron chi connectivity index (χ0n) is 13.4. The van der Waals surface area contributed by atoms with Gasteiger partial charge in [0.2, 0.25) is 0 Å². The molecule has 0 heterocycles. The average Bonchev–Trinajstić information content (AvgIpc) is 2.33. The van der Waals surface area contributed by atoms with E-state index in [-0.39, 0.29) is 15.9 Å². The third-order valence-electron chi connectivity index (χ3n) is 2.39. The van der Waals surface area contributed by atoms with Crippen LogP contribution in [0, 0.1) is 0 Å². The monoisotopic (exact) mass is 411 g/mol. The molecule has 0 spiro atoms. The maximum Gasteiger partial charge on any atom is 0.407 e. The normalized spacial score (nSPS) is 14.6. The van der Waals surface area contributed by atoms with Gasteiger partial charge in [-0.2, -0.15) is 0 Å². The molecular formula is C15H26INO4. The Morgan fingerprint density at radius 1 is 1.29 bits per heavy atom. The minimum Gasteiger partial charge on any atom is -0.463 e. The van der Waals surface area contributed by atoms with Gasteiger partial charge in [0.15, 0.2) is 0 Å². The molecule has 0 bridgehead atoms. The van der Waals surface area contributed by atoms with Crippen molar-refractivity contribution < 1.29 is 19.1 Å². The Balaban J connectivity index is 4.59. The summed E-state index contributed by atoms with van der Waals surface area (Å²) in [6.45, 7) is 9.62. The highest BCUT2D eigenvalue weighted by molar-refractivity contribution is 14.1. The van der Waals surface area contributed by atoms with Gasteiger partial charge in [-0.05, 0) is 34.1 Å². The molecule has 5 nitrogen and oxygen atoms in total. The predicted molar refractivity (Wildman–Crippen MR) is 91.6 cm³/mol. The van der Waals surface area contributed by atoms with Crippen LogP contribution in [-0.4, -0.2) is 34.2 Å². The number of carbonyl (C=O) groups excluding carboxylic acids is 2. The Labute approximate surface area is 141 Å². The lowest BCUT2D eigenvalue weighted by Crippen LogP contribution is -2.43. The van der Waals surface area contributed by atoms with Crippen molar-refractivity contribution in [3.63, 3.8) is 0 Å². The standard InChI is InChI=1S/C15H26INO4/c1-6-8-12(17-14(19)21-15(3,4)5)11(16)9-10-13(18)20-7-2/h9-12H,6-8H2,1-5H3,(H,17,19)/b10-9+/t11-,12+/m0/s1. The molecule has 0 aliphatic carbocycles. The summed E-state index contributed by atoms with van der Waals surface area (Å²) in [5, 5.41) is 2.86. The van der Waals surface area contributed by atoms with Crippen LogP contribution in [0.2, 0.25) is 0 Å². The van der Waals surface area contributed by atoms with E-state index in [1.807, 2.05) is 27.7 Å². The van der Waals surface area contributed by atoms with Crippen molar-refractivity contribution in [1.82, 2.24) is 5.32 Å². The zero-order chi connectivity index (χ0) is 16.5. The molecule has 0 aromatic heterocycles. The summed E-state index contributed by atoms with van der Waals surface area (Å²) < 4.78 is 10.1. The van der Waals surface area contributed by atoms with E-state index in [0.29, 0.717) is 6.61 Å². The predicted octanol–water partition coefficient (Wildman–Crippen LogP) is 3.60. The van der Waals surface area contributed by atoms with Crippen LogP contribution in [0.1, 0.15) is 47.5 Å². The van der Waals surface area contributed by atoms with E-state index in [0.717, 1.165) is 12.8 Å². The van der Waals surface area contributed by atoms with Crippen molar-refractivity contribution in [2.24, 2.45) is 0 Å². The Bertz CT molecular complexity index is 363. The fourth-order valence-electron chi connectivity index (χ4n) is 1.58. The molecule has 122 valence electrons. The van der Waals surface area contributed by atoms with Crippen molar-refractivity contribution >= 4 is 34.7 Å². The molecular weight excluding hydrogens is 385 g/mol. The molecule has 0 rings (SSSR count). The van der Waals surface area contributed by atoms with Crippen LogP contribution in [0.3, 0.4) is 0 Å². The maximum absolute atomic E-state index is 11.8. The quantitative estimate of drug-likeness (QED) is 0.301. The summed E-state index contributed by atoms with van der Waals surface area (Å²) in [5.74, 6) is -0.369. The van der Waals surface area contributed by atoms with E-state index >= 15 is 0 Å². The fraction of sp³-hybridized carbons (Fsp3) is 0.733. The van der Waals surface area contributed by atoms with E-state index < -0.39 is 11.7 Å². The first-order chi connectivity index (χ1) is 9.69. The highest BCUT2D eigenvalue weighted by Crippen LogP contribution is 2.15. The molecule has 0 aromatic rings. The second-order valence-electron chi connectivity index (χ2n) is 5.60. The van der Waals surface area contributed by atoms with Crippen molar-refractivity contribution in [3.8, 4) is 0 Å². The summed E-state index contributed by atoms with van der Waals surface area (Å²) >= 11 is 2.19. The molecule has 1 amide bonds. The van der Waals surface area contributed by atoms with Crippen molar-refractivity contribution in [3.05, 3.63) is 12.2 Å². The van der Waals surface area contributed by atoms with Gasteiger partial charge in [-0.3, -0.25) is 0 Å². The molecule has 1 N–H and O–H groups in total. The van der Waals surface area contributed by atoms with Crippen LogP contribution < -0.4 is 5.32 Å². The van der Waals surface area contributed by atoms with E-state index in [9.17, 15) is 9.59 Å². The van der Waals surface area contributed by atoms with Crippen LogP contribution in [0.4, 0.5) is 4.79 Å². The maximum atomic E-state index is 11.8. The van der Waals surface area contributed by atoms with Gasteiger partial charge in [-0.15, -0.1) is 0 Å². The van der Waals surface area contributed by atoms with Crippen LogP contribution in [0.5, 0.6) is 0 Å². The largest absolute Gasteiger partial charge is 0.463 e. The molecule has 0 radical (unpaired) electrons. The SMILES string of the molecule is CCC[C@@H](NC(=O)OC(C)(C)C)[C@@H](I)/C=C/C(=O)OCC. The van der Waals surface area contributed by atoms with Gasteiger partial charge in [0, 0.05) is 16.0 Å². The Morgan fingerprint density at radius 2 is 1.90 bits per heavy atom. The Morgan fingerprint density at radius 3 is 2.38 bits per heavy atom. The van der Waals surface area contributed by atoms with E-state index in [4.69, 9.17) is 9.47 Å². The Kier molecular flexibility index (Phi) is 9.65. The second kappa shape index (κ2) is 10.0. The fourth-order valence-corrected chi connectivity index (χ4v) is 2.32. The number of carbonyl (C=O) groups is 2.